The quantitative estimate of drug-likeness (QED) is 0.569. The fourth-order valence-corrected chi connectivity index (χ4v) is 4.18. The van der Waals surface area contributed by atoms with E-state index in [1.165, 1.54) is 0 Å². The summed E-state index contributed by atoms with van der Waals surface area (Å²) in [4.78, 5) is 16.4. The number of anilines is 1. The molecule has 1 aliphatic rings. The highest BCUT2D eigenvalue weighted by Crippen LogP contribution is 2.31. The number of rotatable bonds is 5. The van der Waals surface area contributed by atoms with Gasteiger partial charge >= 0.3 is 0 Å². The Morgan fingerprint density at radius 3 is 2.38 bits per heavy atom. The number of nitrogens with zero attached hydrogens (tertiary/aromatic N) is 6. The molecule has 0 amide bonds. The number of benzene rings is 1. The molecule has 0 atom stereocenters. The van der Waals surface area contributed by atoms with Gasteiger partial charge in [0.2, 0.25) is 5.95 Å². The molecule has 3 heterocycles. The fraction of sp³-hybridized carbons (Fsp3) is 0.286. The third-order valence-electron chi connectivity index (χ3n) is 4.64. The average Bonchev–Trinajstić information content (AvgIpc) is 2.75. The molecular weight excluding hydrogens is 404 g/mol. The minimum Gasteiger partial charge on any atom is -0.338 e. The number of hydrogen-bond donors (Lipinski definition) is 0. The number of aromatic nitrogens is 3. The Hall–Kier alpha value is -2.19. The molecule has 0 radical (unpaired) electrons. The molecule has 150 valence electrons. The molecule has 1 fully saturated rings. The Labute approximate surface area is 180 Å². The lowest BCUT2D eigenvalue weighted by molar-refractivity contribution is 0.413. The van der Waals surface area contributed by atoms with Crippen molar-refractivity contribution in [1.82, 2.24) is 23.6 Å². The van der Waals surface area contributed by atoms with Crippen molar-refractivity contribution in [2.24, 2.45) is 0 Å². The maximum Gasteiger partial charge on any atom is 0.226 e. The monoisotopic (exact) mass is 426 g/mol. The van der Waals surface area contributed by atoms with Crippen molar-refractivity contribution in [3.05, 3.63) is 59.9 Å². The van der Waals surface area contributed by atoms with Gasteiger partial charge in [0.25, 0.3) is 0 Å². The SMILES string of the molecule is CN(C)SN1CCN(c2ncc(-c3ccc(Cl)cc3)c(-c3ccccn3)n2)CC1. The summed E-state index contributed by atoms with van der Waals surface area (Å²) in [6.07, 6.45) is 3.69. The molecule has 8 heteroatoms. The zero-order chi connectivity index (χ0) is 20.2. The van der Waals surface area contributed by atoms with Gasteiger partial charge in [0.05, 0.1) is 5.69 Å². The van der Waals surface area contributed by atoms with Crippen LogP contribution in [0, 0.1) is 0 Å². The van der Waals surface area contributed by atoms with E-state index in [0.717, 1.165) is 54.6 Å². The highest BCUT2D eigenvalue weighted by molar-refractivity contribution is 7.94. The Morgan fingerprint density at radius 2 is 1.72 bits per heavy atom. The second kappa shape index (κ2) is 9.09. The normalized spacial score (nSPS) is 15.1. The van der Waals surface area contributed by atoms with E-state index in [1.807, 2.05) is 48.7 Å². The molecule has 6 nitrogen and oxygen atoms in total. The van der Waals surface area contributed by atoms with Gasteiger partial charge in [0.1, 0.15) is 5.69 Å². The first-order valence-corrected chi connectivity index (χ1v) is 10.6. The van der Waals surface area contributed by atoms with Gasteiger partial charge in [-0.05, 0) is 43.9 Å². The van der Waals surface area contributed by atoms with E-state index in [4.69, 9.17) is 21.6 Å². The molecule has 0 unspecified atom stereocenters. The Morgan fingerprint density at radius 1 is 0.966 bits per heavy atom. The molecule has 1 saturated heterocycles. The first-order chi connectivity index (χ1) is 14.1. The molecule has 0 bridgehead atoms. The van der Waals surface area contributed by atoms with Gasteiger partial charge in [-0.1, -0.05) is 29.8 Å². The number of halogens is 1. The minimum atomic E-state index is 0.708. The van der Waals surface area contributed by atoms with E-state index in [1.54, 1.807) is 18.3 Å². The first kappa shape index (κ1) is 20.1. The molecular formula is C21H23ClN6S. The molecule has 3 aromatic rings. The van der Waals surface area contributed by atoms with Crippen LogP contribution in [-0.4, -0.2) is 63.8 Å². The summed E-state index contributed by atoms with van der Waals surface area (Å²) in [7, 11) is 4.13. The van der Waals surface area contributed by atoms with Crippen LogP contribution in [0.3, 0.4) is 0 Å². The van der Waals surface area contributed by atoms with Gasteiger partial charge < -0.3 is 4.90 Å². The van der Waals surface area contributed by atoms with Gasteiger partial charge in [0.15, 0.2) is 0 Å². The lowest BCUT2D eigenvalue weighted by Crippen LogP contribution is -2.45. The summed E-state index contributed by atoms with van der Waals surface area (Å²) < 4.78 is 4.48. The summed E-state index contributed by atoms with van der Waals surface area (Å²) >= 11 is 7.82. The van der Waals surface area contributed by atoms with Gasteiger partial charge in [-0.2, -0.15) is 0 Å². The molecule has 0 spiro atoms. The average molecular weight is 427 g/mol. The van der Waals surface area contributed by atoms with Gasteiger partial charge in [-0.25, -0.2) is 18.6 Å². The second-order valence-electron chi connectivity index (χ2n) is 6.96. The highest BCUT2D eigenvalue weighted by Gasteiger charge is 2.22. The molecule has 4 rings (SSSR count). The molecule has 29 heavy (non-hydrogen) atoms. The van der Waals surface area contributed by atoms with E-state index in [2.05, 4.69) is 32.6 Å². The predicted molar refractivity (Wildman–Crippen MR) is 121 cm³/mol. The third-order valence-corrected chi connectivity index (χ3v) is 5.81. The van der Waals surface area contributed by atoms with E-state index in [-0.39, 0.29) is 0 Å². The van der Waals surface area contributed by atoms with Gasteiger partial charge in [0, 0.05) is 61.3 Å². The van der Waals surface area contributed by atoms with Crippen molar-refractivity contribution in [3.8, 4) is 22.5 Å². The highest BCUT2D eigenvalue weighted by atomic mass is 35.5. The maximum atomic E-state index is 6.07. The molecule has 0 aliphatic carbocycles. The smallest absolute Gasteiger partial charge is 0.226 e. The summed E-state index contributed by atoms with van der Waals surface area (Å²) in [6.45, 7) is 3.71. The zero-order valence-corrected chi connectivity index (χ0v) is 18.1. The molecule has 0 N–H and O–H groups in total. The second-order valence-corrected chi connectivity index (χ2v) is 8.81. The standard InChI is InChI=1S/C21H23ClN6S/c1-26(2)29-28-13-11-27(12-14-28)21-24-15-18(16-6-8-17(22)9-7-16)20(25-21)19-5-3-4-10-23-19/h3-10,15H,11-14H2,1-2H3. The summed E-state index contributed by atoms with van der Waals surface area (Å²) in [5.41, 5.74) is 3.64. The van der Waals surface area contributed by atoms with Gasteiger partial charge in [-0.15, -0.1) is 0 Å². The molecule has 1 aliphatic heterocycles. The van der Waals surface area contributed by atoms with Gasteiger partial charge in [-0.3, -0.25) is 4.98 Å². The van der Waals surface area contributed by atoms with Crippen LogP contribution < -0.4 is 4.90 Å². The van der Waals surface area contributed by atoms with Crippen LogP contribution >= 0.6 is 23.7 Å². The topological polar surface area (TPSA) is 48.4 Å². The summed E-state index contributed by atoms with van der Waals surface area (Å²) in [5.74, 6) is 0.748. The van der Waals surface area contributed by atoms with Crippen LogP contribution in [0.15, 0.2) is 54.9 Å². The Balaban J connectivity index is 1.65. The van der Waals surface area contributed by atoms with Crippen molar-refractivity contribution in [2.45, 2.75) is 0 Å². The molecule has 0 saturated carbocycles. The number of hydrogen-bond acceptors (Lipinski definition) is 7. The van der Waals surface area contributed by atoms with E-state index < -0.39 is 0 Å². The van der Waals surface area contributed by atoms with Crippen LogP contribution in [0.1, 0.15) is 0 Å². The van der Waals surface area contributed by atoms with Crippen molar-refractivity contribution >= 4 is 29.7 Å². The van der Waals surface area contributed by atoms with Crippen molar-refractivity contribution in [1.29, 1.82) is 0 Å². The minimum absolute atomic E-state index is 0.708. The van der Waals surface area contributed by atoms with Crippen LogP contribution in [0.25, 0.3) is 22.5 Å². The van der Waals surface area contributed by atoms with Crippen molar-refractivity contribution in [3.63, 3.8) is 0 Å². The predicted octanol–water partition coefficient (Wildman–Crippen LogP) is 4.11. The third kappa shape index (κ3) is 4.87. The summed E-state index contributed by atoms with van der Waals surface area (Å²) in [5, 5.41) is 0.708. The Kier molecular flexibility index (Phi) is 6.30. The van der Waals surface area contributed by atoms with Crippen LogP contribution in [0.2, 0.25) is 5.02 Å². The molecule has 1 aromatic carbocycles. The van der Waals surface area contributed by atoms with E-state index >= 15 is 0 Å². The van der Waals surface area contributed by atoms with Crippen molar-refractivity contribution < 1.29 is 0 Å². The number of piperazine rings is 1. The lowest BCUT2D eigenvalue weighted by atomic mass is 10.0. The fourth-order valence-electron chi connectivity index (χ4n) is 3.26. The maximum absolute atomic E-state index is 6.07. The van der Waals surface area contributed by atoms with E-state index in [9.17, 15) is 0 Å². The molecule has 2 aromatic heterocycles. The van der Waals surface area contributed by atoms with Crippen molar-refractivity contribution in [2.75, 3.05) is 45.2 Å². The van der Waals surface area contributed by atoms with Crippen LogP contribution in [0.4, 0.5) is 5.95 Å². The van der Waals surface area contributed by atoms with E-state index in [0.29, 0.717) is 5.02 Å². The lowest BCUT2D eigenvalue weighted by Gasteiger charge is -2.34. The largest absolute Gasteiger partial charge is 0.338 e. The first-order valence-electron chi connectivity index (χ1n) is 9.50. The number of pyridine rings is 1. The van der Waals surface area contributed by atoms with Crippen LogP contribution in [-0.2, 0) is 0 Å². The Bertz CT molecular complexity index is 943. The zero-order valence-electron chi connectivity index (χ0n) is 16.5. The van der Waals surface area contributed by atoms with Crippen LogP contribution in [0.5, 0.6) is 0 Å². The summed E-state index contributed by atoms with van der Waals surface area (Å²) in [6, 6.07) is 13.6.